The lowest BCUT2D eigenvalue weighted by Crippen LogP contribution is -2.52. The first-order valence-corrected chi connectivity index (χ1v) is 12.2. The Kier molecular flexibility index (Phi) is 9.91. The van der Waals surface area contributed by atoms with Crippen LogP contribution in [0.1, 0.15) is 18.7 Å². The average Bonchev–Trinajstić information content (AvgIpc) is 3.47. The zero-order valence-electron chi connectivity index (χ0n) is 21.7. The minimum Gasteiger partial charge on any atom is -0.480 e. The number of nitrogens with zero attached hydrogens (tertiary/aromatic N) is 4. The zero-order valence-corrected chi connectivity index (χ0v) is 21.7. The van der Waals surface area contributed by atoms with Crippen molar-refractivity contribution in [2.45, 2.75) is 56.1 Å². The van der Waals surface area contributed by atoms with E-state index >= 15 is 0 Å². The summed E-state index contributed by atoms with van der Waals surface area (Å²) in [4.78, 5) is 42.8. The van der Waals surface area contributed by atoms with Crippen molar-refractivity contribution in [3.63, 3.8) is 0 Å². The first-order chi connectivity index (χ1) is 18.9. The largest absolute Gasteiger partial charge is 0.480 e. The number of aliphatic hydroxyl groups excluding tert-OH is 4. The zero-order chi connectivity index (χ0) is 29.7. The summed E-state index contributed by atoms with van der Waals surface area (Å²) in [5, 5.41) is 49.5. The number of nitrogen functional groups attached to an aromatic ring is 1. The molecule has 0 bridgehead atoms. The van der Waals surface area contributed by atoms with E-state index in [2.05, 4.69) is 15.3 Å². The molecule has 1 aromatic carbocycles. The van der Waals surface area contributed by atoms with Gasteiger partial charge in [-0.25, -0.2) is 9.78 Å². The molecule has 7 atom stereocenters. The molecule has 1 fully saturated rings. The Hall–Kier alpha value is -3.93. The van der Waals surface area contributed by atoms with Gasteiger partial charge in [0.05, 0.1) is 19.0 Å². The first-order valence-electron chi connectivity index (χ1n) is 12.2. The number of nitrogens with two attached hydrogens (primary N) is 2. The maximum atomic E-state index is 12.0. The summed E-state index contributed by atoms with van der Waals surface area (Å²) in [5.74, 6) is -1.84. The van der Waals surface area contributed by atoms with Crippen LogP contribution < -0.4 is 22.3 Å². The van der Waals surface area contributed by atoms with Gasteiger partial charge in [-0.2, -0.15) is 4.98 Å². The van der Waals surface area contributed by atoms with Crippen LogP contribution in [0.3, 0.4) is 0 Å². The van der Waals surface area contributed by atoms with Gasteiger partial charge < -0.3 is 47.1 Å². The van der Waals surface area contributed by atoms with Crippen LogP contribution in [0.15, 0.2) is 41.5 Å². The van der Waals surface area contributed by atoms with Crippen LogP contribution in [0.4, 0.5) is 5.95 Å². The predicted molar refractivity (Wildman–Crippen MR) is 140 cm³/mol. The number of aromatic nitrogens is 4. The summed E-state index contributed by atoms with van der Waals surface area (Å²) in [6.45, 7) is 0.926. The number of aliphatic hydroxyl groups is 4. The molecule has 1 aliphatic heterocycles. The smallest absolute Gasteiger partial charge is 0.326 e. The Labute approximate surface area is 227 Å². The summed E-state index contributed by atoms with van der Waals surface area (Å²) in [6, 6.07) is 6.74. The first kappa shape index (κ1) is 30.6. The molecule has 3 heterocycles. The second-order valence-electron chi connectivity index (χ2n) is 9.24. The van der Waals surface area contributed by atoms with Gasteiger partial charge in [0.15, 0.2) is 17.4 Å². The molecule has 0 radical (unpaired) electrons. The highest BCUT2D eigenvalue weighted by atomic mass is 16.6. The molecule has 0 aliphatic carbocycles. The molecule has 2 aromatic heterocycles. The van der Waals surface area contributed by atoms with E-state index in [-0.39, 0.29) is 23.5 Å². The van der Waals surface area contributed by atoms with Crippen LogP contribution >= 0.6 is 0 Å². The Morgan fingerprint density at radius 3 is 2.40 bits per heavy atom. The van der Waals surface area contributed by atoms with Gasteiger partial charge in [-0.3, -0.25) is 18.7 Å². The van der Waals surface area contributed by atoms with E-state index in [1.165, 1.54) is 24.9 Å². The third-order valence-electron chi connectivity index (χ3n) is 6.35. The minimum absolute atomic E-state index is 0.0130. The molecule has 40 heavy (non-hydrogen) atoms. The number of benzene rings is 1. The summed E-state index contributed by atoms with van der Waals surface area (Å²) >= 11 is 0. The van der Waals surface area contributed by atoms with Crippen molar-refractivity contribution in [2.75, 3.05) is 12.3 Å². The predicted octanol–water partition coefficient (Wildman–Crippen LogP) is -3.17. The molecule has 3 aromatic rings. The van der Waals surface area contributed by atoms with Crippen molar-refractivity contribution in [2.24, 2.45) is 12.8 Å². The molecule has 0 spiro atoms. The van der Waals surface area contributed by atoms with Crippen molar-refractivity contribution in [1.82, 2.24) is 24.4 Å². The number of ether oxygens (including phenoxy) is 1. The number of carbonyl (C=O) groups is 2. The second-order valence-corrected chi connectivity index (χ2v) is 9.24. The Morgan fingerprint density at radius 2 is 1.85 bits per heavy atom. The van der Waals surface area contributed by atoms with Gasteiger partial charge in [-0.15, -0.1) is 0 Å². The van der Waals surface area contributed by atoms with E-state index < -0.39 is 66.8 Å². The number of imidazole rings is 1. The Morgan fingerprint density at radius 1 is 1.20 bits per heavy atom. The van der Waals surface area contributed by atoms with E-state index in [1.54, 1.807) is 24.3 Å². The molecule has 16 heteroatoms. The van der Waals surface area contributed by atoms with E-state index in [1.807, 2.05) is 6.07 Å². The fourth-order valence-corrected chi connectivity index (χ4v) is 3.90. The van der Waals surface area contributed by atoms with E-state index in [0.717, 1.165) is 10.1 Å². The Balaban J connectivity index is 0.000000222. The van der Waals surface area contributed by atoms with Gasteiger partial charge in [0.25, 0.3) is 5.56 Å². The second kappa shape index (κ2) is 12.9. The van der Waals surface area contributed by atoms with Crippen LogP contribution in [-0.2, 0) is 27.8 Å². The maximum Gasteiger partial charge on any atom is 0.326 e. The number of hydrogen-bond donors (Lipinski definition) is 8. The number of amides is 1. The van der Waals surface area contributed by atoms with Gasteiger partial charge in [0.1, 0.15) is 30.4 Å². The van der Waals surface area contributed by atoms with Gasteiger partial charge in [0, 0.05) is 13.5 Å². The fourth-order valence-electron chi connectivity index (χ4n) is 3.90. The topological polar surface area (TPSA) is 261 Å². The highest BCUT2D eigenvalue weighted by Crippen LogP contribution is 2.30. The number of anilines is 1. The molecule has 4 rings (SSSR count). The van der Waals surface area contributed by atoms with E-state index in [4.69, 9.17) is 26.4 Å². The number of nitrogens with one attached hydrogen (secondary N) is 1. The maximum absolute atomic E-state index is 12.0. The van der Waals surface area contributed by atoms with Gasteiger partial charge in [-0.1, -0.05) is 30.3 Å². The fraction of sp³-hybridized carbons (Fsp3) is 0.458. The standard InChI is InChI=1S/C13H18N2O4.C11H15N5O5/c1-8(16)11(14)12(17)15-10(13(18)19)7-9-5-3-2-4-6-9;1-15-9(20)5-8(14-11(15)12)16(3-13-5)10-7(19)6(18)4(2-17)21-10/h2-6,8,10-11,16H,7,14H2,1H3,(H,15,17)(H,18,19);3-4,6-7,10,17-19H,2H2,1H3,(H2,12,14)/t8-,10+,11+;4-,6-,7-,10-/m11/s1. The molecule has 218 valence electrons. The van der Waals surface area contributed by atoms with Crippen molar-refractivity contribution in [3.8, 4) is 0 Å². The SMILES string of the molecule is C[C@@H](O)[C@H](N)C(=O)N[C@@H](Cc1ccccc1)C(=O)O.Cn1c(N)nc2c(ncn2[C@@H]2O[C@H](CO)[C@@H](O)[C@H]2O)c1=O. The third-order valence-corrected chi connectivity index (χ3v) is 6.35. The van der Waals surface area contributed by atoms with E-state index in [9.17, 15) is 29.7 Å². The molecular formula is C24H33N7O9. The van der Waals surface area contributed by atoms with Crippen LogP contribution in [-0.4, -0.2) is 99.6 Å². The molecule has 1 saturated heterocycles. The number of hydrogen-bond acceptors (Lipinski definition) is 12. The number of fused-ring (bicyclic) bond motifs is 1. The lowest BCUT2D eigenvalue weighted by atomic mass is 10.1. The number of carbonyl (C=O) groups excluding carboxylic acids is 1. The lowest BCUT2D eigenvalue weighted by molar-refractivity contribution is -0.142. The van der Waals surface area contributed by atoms with Crippen molar-refractivity contribution >= 4 is 29.0 Å². The number of carboxylic acids is 1. The normalized spacial score (nSPS) is 22.7. The molecule has 0 saturated carbocycles. The summed E-state index contributed by atoms with van der Waals surface area (Å²) < 4.78 is 7.85. The molecule has 1 amide bonds. The third kappa shape index (κ3) is 6.61. The van der Waals surface area contributed by atoms with Crippen molar-refractivity contribution in [1.29, 1.82) is 0 Å². The molecule has 10 N–H and O–H groups in total. The monoisotopic (exact) mass is 563 g/mol. The van der Waals surface area contributed by atoms with Crippen LogP contribution in [0.5, 0.6) is 0 Å². The highest BCUT2D eigenvalue weighted by Gasteiger charge is 2.44. The molecule has 16 nitrogen and oxygen atoms in total. The van der Waals surface area contributed by atoms with Crippen LogP contribution in [0.2, 0.25) is 0 Å². The van der Waals surface area contributed by atoms with Crippen molar-refractivity contribution < 1.29 is 39.9 Å². The minimum atomic E-state index is -1.29. The number of rotatable bonds is 8. The summed E-state index contributed by atoms with van der Waals surface area (Å²) in [7, 11) is 1.47. The quantitative estimate of drug-likeness (QED) is 0.135. The van der Waals surface area contributed by atoms with Gasteiger partial charge in [0.2, 0.25) is 11.9 Å². The van der Waals surface area contributed by atoms with Crippen molar-refractivity contribution in [3.05, 3.63) is 52.6 Å². The van der Waals surface area contributed by atoms with Crippen LogP contribution in [0, 0.1) is 0 Å². The van der Waals surface area contributed by atoms with Gasteiger partial charge in [-0.05, 0) is 12.5 Å². The van der Waals surface area contributed by atoms with Crippen LogP contribution in [0.25, 0.3) is 11.2 Å². The Bertz CT molecular complexity index is 1380. The lowest BCUT2D eigenvalue weighted by Gasteiger charge is -2.19. The number of aliphatic carboxylic acids is 1. The molecule has 1 aliphatic rings. The highest BCUT2D eigenvalue weighted by molar-refractivity contribution is 5.87. The molecule has 0 unspecified atom stereocenters. The number of carboxylic acid groups (broad SMARTS) is 1. The van der Waals surface area contributed by atoms with Gasteiger partial charge >= 0.3 is 5.97 Å². The van der Waals surface area contributed by atoms with E-state index in [0.29, 0.717) is 0 Å². The average molecular weight is 564 g/mol. The molecular weight excluding hydrogens is 530 g/mol. The summed E-state index contributed by atoms with van der Waals surface area (Å²) in [6.07, 6.45) is -4.07. The summed E-state index contributed by atoms with van der Waals surface area (Å²) in [5.41, 5.74) is 11.7.